The van der Waals surface area contributed by atoms with Crippen LogP contribution in [0.5, 0.6) is 11.5 Å². The van der Waals surface area contributed by atoms with E-state index in [4.69, 9.17) is 31.1 Å². The molecule has 0 aromatic heterocycles. The number of rotatable bonds is 8. The molecule has 1 atom stereocenters. The first-order valence-corrected chi connectivity index (χ1v) is 7.77. The summed E-state index contributed by atoms with van der Waals surface area (Å²) < 4.78 is 16.0. The van der Waals surface area contributed by atoms with Gasteiger partial charge in [0.2, 0.25) is 0 Å². The van der Waals surface area contributed by atoms with Crippen LogP contribution in [-0.4, -0.2) is 25.3 Å². The number of carbonyl (C=O) groups excluding carboxylic acids is 1. The quantitative estimate of drug-likeness (QED) is 0.530. The minimum atomic E-state index is -0.792. The summed E-state index contributed by atoms with van der Waals surface area (Å²) in [6.07, 6.45) is 2.85. The third-order valence-electron chi connectivity index (χ3n) is 2.67. The molecule has 0 aliphatic heterocycles. The molecule has 0 saturated heterocycles. The third-order valence-corrected chi connectivity index (χ3v) is 2.95. The molecule has 0 heterocycles. The van der Waals surface area contributed by atoms with Crippen LogP contribution in [0.25, 0.3) is 6.08 Å². The zero-order chi connectivity index (χ0) is 17.2. The lowest BCUT2D eigenvalue weighted by molar-refractivity contribution is -0.139. The second-order valence-electron chi connectivity index (χ2n) is 4.65. The first-order chi connectivity index (χ1) is 11.0. The molecule has 0 aliphatic carbocycles. The Hall–Kier alpha value is -2.19. The Bertz CT molecular complexity index is 607. The van der Waals surface area contributed by atoms with Crippen LogP contribution in [0.1, 0.15) is 32.8 Å². The van der Waals surface area contributed by atoms with Crippen molar-refractivity contribution in [1.29, 1.82) is 5.26 Å². The lowest BCUT2D eigenvalue weighted by atomic mass is 10.2. The normalized spacial score (nSPS) is 11.8. The molecule has 5 nitrogen and oxygen atoms in total. The van der Waals surface area contributed by atoms with Gasteiger partial charge in [-0.25, -0.2) is 4.79 Å². The van der Waals surface area contributed by atoms with Crippen LogP contribution in [0, 0.1) is 11.3 Å². The fourth-order valence-electron chi connectivity index (χ4n) is 1.70. The van der Waals surface area contributed by atoms with E-state index in [0.29, 0.717) is 35.3 Å². The number of carbonyl (C=O) groups is 1. The molecule has 0 radical (unpaired) electrons. The molecule has 0 N–H and O–H groups in total. The van der Waals surface area contributed by atoms with Gasteiger partial charge in [0, 0.05) is 6.08 Å². The Balaban J connectivity index is 2.96. The molecule has 0 spiro atoms. The van der Waals surface area contributed by atoms with Gasteiger partial charge in [-0.3, -0.25) is 0 Å². The minimum absolute atomic E-state index is 0.405. The second kappa shape index (κ2) is 9.75. The summed E-state index contributed by atoms with van der Waals surface area (Å²) in [4.78, 5) is 11.5. The van der Waals surface area contributed by atoms with Crippen LogP contribution >= 0.6 is 11.6 Å². The van der Waals surface area contributed by atoms with E-state index in [9.17, 15) is 4.79 Å². The molecular formula is C17H20ClNO4. The fourth-order valence-corrected chi connectivity index (χ4v) is 1.97. The number of benzene rings is 1. The molecule has 124 valence electrons. The maximum atomic E-state index is 11.5. The van der Waals surface area contributed by atoms with E-state index < -0.39 is 12.1 Å². The summed E-state index contributed by atoms with van der Waals surface area (Å²) in [6.45, 7) is 6.36. The van der Waals surface area contributed by atoms with Crippen molar-refractivity contribution in [2.75, 3.05) is 13.2 Å². The van der Waals surface area contributed by atoms with Crippen LogP contribution in [0.15, 0.2) is 18.2 Å². The zero-order valence-corrected chi connectivity index (χ0v) is 14.2. The van der Waals surface area contributed by atoms with Crippen LogP contribution in [0.4, 0.5) is 0 Å². The number of hydrogen-bond donors (Lipinski definition) is 0. The predicted octanol–water partition coefficient (Wildman–Crippen LogP) is 4.00. The monoisotopic (exact) mass is 337 g/mol. The number of nitrogens with zero attached hydrogens (tertiary/aromatic N) is 1. The van der Waals surface area contributed by atoms with E-state index in [1.807, 2.05) is 19.9 Å². The lowest BCUT2D eigenvalue weighted by Gasteiger charge is -2.14. The van der Waals surface area contributed by atoms with E-state index in [1.165, 1.54) is 13.0 Å². The summed E-state index contributed by atoms with van der Waals surface area (Å²) in [5.74, 6) is 0.416. The Morgan fingerprint density at radius 2 is 2.13 bits per heavy atom. The van der Waals surface area contributed by atoms with Crippen LogP contribution < -0.4 is 9.47 Å². The summed E-state index contributed by atoms with van der Waals surface area (Å²) in [5, 5.41) is 9.01. The van der Waals surface area contributed by atoms with Crippen molar-refractivity contribution in [3.05, 3.63) is 28.8 Å². The molecule has 0 amide bonds. The van der Waals surface area contributed by atoms with Gasteiger partial charge in [-0.05, 0) is 44.0 Å². The summed E-state index contributed by atoms with van der Waals surface area (Å²) in [6, 6.07) is 5.23. The van der Waals surface area contributed by atoms with Crippen molar-refractivity contribution in [3.63, 3.8) is 0 Å². The maximum Gasteiger partial charge on any atom is 0.332 e. The number of nitriles is 1. The molecule has 23 heavy (non-hydrogen) atoms. The van der Waals surface area contributed by atoms with Crippen molar-refractivity contribution < 1.29 is 19.0 Å². The number of hydrogen-bond acceptors (Lipinski definition) is 5. The van der Waals surface area contributed by atoms with Crippen molar-refractivity contribution in [2.45, 2.75) is 33.3 Å². The molecule has 1 rings (SSSR count). The minimum Gasteiger partial charge on any atom is -0.490 e. The van der Waals surface area contributed by atoms with E-state index in [-0.39, 0.29) is 0 Å². The van der Waals surface area contributed by atoms with Crippen molar-refractivity contribution in [2.24, 2.45) is 0 Å². The Labute approximate surface area is 141 Å². The molecule has 6 heteroatoms. The van der Waals surface area contributed by atoms with Crippen LogP contribution in [-0.2, 0) is 9.53 Å². The first kappa shape index (κ1) is 18.9. The highest BCUT2D eigenvalue weighted by Gasteiger charge is 2.12. The number of esters is 1. The van der Waals surface area contributed by atoms with E-state index in [0.717, 1.165) is 6.42 Å². The first-order valence-electron chi connectivity index (χ1n) is 7.39. The Morgan fingerprint density at radius 1 is 1.39 bits per heavy atom. The van der Waals surface area contributed by atoms with Gasteiger partial charge < -0.3 is 14.2 Å². The molecule has 0 aliphatic rings. The van der Waals surface area contributed by atoms with Crippen LogP contribution in [0.3, 0.4) is 0 Å². The molecular weight excluding hydrogens is 318 g/mol. The molecule has 0 unspecified atom stereocenters. The average Bonchev–Trinajstić information content (AvgIpc) is 2.52. The van der Waals surface area contributed by atoms with Gasteiger partial charge in [-0.2, -0.15) is 5.26 Å². The van der Waals surface area contributed by atoms with E-state index >= 15 is 0 Å². The van der Waals surface area contributed by atoms with Gasteiger partial charge >= 0.3 is 5.97 Å². The summed E-state index contributed by atoms with van der Waals surface area (Å²) >= 11 is 6.23. The molecule has 0 saturated carbocycles. The van der Waals surface area contributed by atoms with Gasteiger partial charge in [0.15, 0.2) is 17.6 Å². The highest BCUT2D eigenvalue weighted by molar-refractivity contribution is 6.32. The highest BCUT2D eigenvalue weighted by atomic mass is 35.5. The van der Waals surface area contributed by atoms with Gasteiger partial charge in [-0.1, -0.05) is 18.5 Å². The SMILES string of the molecule is CCCOc1c(Cl)cc(/C=C/C(=O)O[C@@H](C)C#N)cc1OCC. The third kappa shape index (κ3) is 6.21. The standard InChI is InChI=1S/C17H20ClNO4/c1-4-8-22-17-14(18)9-13(10-15(17)21-5-2)6-7-16(20)23-12(3)11-19/h6-7,9-10,12H,4-5,8H2,1-3H3/b7-6+/t12-/m0/s1. The van der Waals surface area contributed by atoms with Crippen molar-refractivity contribution >= 4 is 23.6 Å². The Kier molecular flexibility index (Phi) is 8.00. The van der Waals surface area contributed by atoms with Crippen molar-refractivity contribution in [1.82, 2.24) is 0 Å². The zero-order valence-electron chi connectivity index (χ0n) is 13.5. The largest absolute Gasteiger partial charge is 0.490 e. The fraction of sp³-hybridized carbons (Fsp3) is 0.412. The highest BCUT2D eigenvalue weighted by Crippen LogP contribution is 2.37. The lowest BCUT2D eigenvalue weighted by Crippen LogP contribution is -2.10. The smallest absolute Gasteiger partial charge is 0.332 e. The van der Waals surface area contributed by atoms with Crippen LogP contribution in [0.2, 0.25) is 5.02 Å². The van der Waals surface area contributed by atoms with Gasteiger partial charge in [0.25, 0.3) is 0 Å². The second-order valence-corrected chi connectivity index (χ2v) is 5.06. The summed E-state index contributed by atoms with van der Waals surface area (Å²) in [7, 11) is 0. The van der Waals surface area contributed by atoms with Gasteiger partial charge in [0.1, 0.15) is 6.07 Å². The number of ether oxygens (including phenoxy) is 3. The van der Waals surface area contributed by atoms with Gasteiger partial charge in [0.05, 0.1) is 18.2 Å². The number of halogens is 1. The van der Waals surface area contributed by atoms with Crippen molar-refractivity contribution in [3.8, 4) is 17.6 Å². The molecule has 1 aromatic carbocycles. The van der Waals surface area contributed by atoms with E-state index in [2.05, 4.69) is 0 Å². The average molecular weight is 338 g/mol. The Morgan fingerprint density at radius 3 is 2.74 bits per heavy atom. The van der Waals surface area contributed by atoms with Gasteiger partial charge in [-0.15, -0.1) is 0 Å². The molecule has 1 aromatic rings. The molecule has 0 bridgehead atoms. The maximum absolute atomic E-state index is 11.5. The topological polar surface area (TPSA) is 68.5 Å². The molecule has 0 fully saturated rings. The summed E-state index contributed by atoms with van der Waals surface area (Å²) in [5.41, 5.74) is 0.670. The van der Waals surface area contributed by atoms with E-state index in [1.54, 1.807) is 18.2 Å². The predicted molar refractivity (Wildman–Crippen MR) is 88.6 cm³/mol.